The molecule has 0 aliphatic carbocycles. The van der Waals surface area contributed by atoms with Gasteiger partial charge in [0.25, 0.3) is 0 Å². The van der Waals surface area contributed by atoms with Crippen molar-refractivity contribution >= 4 is 32.9 Å². The quantitative estimate of drug-likeness (QED) is 0.824. The third kappa shape index (κ3) is 1.47. The molecule has 0 atom stereocenters. The minimum absolute atomic E-state index is 0.0205. The molecule has 0 unspecified atom stereocenters. The molecule has 0 saturated carbocycles. The van der Waals surface area contributed by atoms with Gasteiger partial charge in [-0.15, -0.1) is 0 Å². The van der Waals surface area contributed by atoms with Crippen LogP contribution in [0.25, 0.3) is 11.0 Å². The van der Waals surface area contributed by atoms with E-state index in [4.69, 9.17) is 10.4 Å². The molecule has 2 heterocycles. The number of carboxylic acid groups (broad SMARTS) is 1. The number of pyridine rings is 1. The van der Waals surface area contributed by atoms with Gasteiger partial charge in [-0.2, -0.15) is 5.26 Å². The van der Waals surface area contributed by atoms with Crippen LogP contribution in [0.4, 0.5) is 0 Å². The lowest BCUT2D eigenvalue weighted by Gasteiger charge is -1.94. The number of hydrogen-bond acceptors (Lipinski definition) is 3. The van der Waals surface area contributed by atoms with Crippen molar-refractivity contribution in [2.45, 2.75) is 0 Å². The number of aromatic amines is 1. The fraction of sp³-hybridized carbons (Fsp3) is 0. The highest BCUT2D eigenvalue weighted by Gasteiger charge is 2.13. The summed E-state index contributed by atoms with van der Waals surface area (Å²) >= 11 is 3.18. The van der Waals surface area contributed by atoms with Gasteiger partial charge in [-0.25, -0.2) is 9.78 Å². The van der Waals surface area contributed by atoms with E-state index in [1.807, 2.05) is 6.07 Å². The van der Waals surface area contributed by atoms with Gasteiger partial charge in [0.15, 0.2) is 0 Å². The van der Waals surface area contributed by atoms with Crippen molar-refractivity contribution in [1.29, 1.82) is 5.26 Å². The molecule has 0 radical (unpaired) electrons. The zero-order valence-corrected chi connectivity index (χ0v) is 8.87. The number of carbonyl (C=O) groups is 1. The lowest BCUT2D eigenvalue weighted by molar-refractivity contribution is 0.0691. The Morgan fingerprint density at radius 1 is 1.67 bits per heavy atom. The Morgan fingerprint density at radius 2 is 2.40 bits per heavy atom. The van der Waals surface area contributed by atoms with E-state index in [1.165, 1.54) is 12.3 Å². The van der Waals surface area contributed by atoms with Crippen molar-refractivity contribution in [3.8, 4) is 6.07 Å². The second-order valence-corrected chi connectivity index (χ2v) is 3.70. The molecule has 6 heteroatoms. The smallest absolute Gasteiger partial charge is 0.352 e. The first kappa shape index (κ1) is 9.68. The molecule has 5 nitrogen and oxygen atoms in total. The first-order chi connectivity index (χ1) is 7.13. The van der Waals surface area contributed by atoms with Crippen molar-refractivity contribution in [2.24, 2.45) is 0 Å². The van der Waals surface area contributed by atoms with Crippen LogP contribution in [0.2, 0.25) is 0 Å². The van der Waals surface area contributed by atoms with Crippen molar-refractivity contribution < 1.29 is 9.90 Å². The standard InChI is InChI=1S/C9H4BrN3O2/c10-6-3-12-8-4(5(6)2-11)1-7(13-8)9(14)15/h1,3H,(H,12,13)(H,14,15). The Kier molecular flexibility index (Phi) is 2.17. The molecule has 0 aromatic carbocycles. The van der Waals surface area contributed by atoms with Gasteiger partial charge in [-0.3, -0.25) is 0 Å². The summed E-state index contributed by atoms with van der Waals surface area (Å²) in [7, 11) is 0. The summed E-state index contributed by atoms with van der Waals surface area (Å²) in [4.78, 5) is 17.3. The van der Waals surface area contributed by atoms with Crippen LogP contribution < -0.4 is 0 Å². The molecule has 0 aliphatic heterocycles. The summed E-state index contributed by atoms with van der Waals surface area (Å²) in [6.45, 7) is 0. The number of aromatic carboxylic acids is 1. The van der Waals surface area contributed by atoms with Crippen LogP contribution in [0.3, 0.4) is 0 Å². The van der Waals surface area contributed by atoms with E-state index >= 15 is 0 Å². The molecule has 2 N–H and O–H groups in total. The summed E-state index contributed by atoms with van der Waals surface area (Å²) in [5, 5.41) is 18.2. The third-order valence-electron chi connectivity index (χ3n) is 1.95. The van der Waals surface area contributed by atoms with Crippen LogP contribution in [0, 0.1) is 11.3 Å². The van der Waals surface area contributed by atoms with Crippen LogP contribution in [0.15, 0.2) is 16.7 Å². The Labute approximate surface area is 92.5 Å². The van der Waals surface area contributed by atoms with Crippen molar-refractivity contribution in [3.05, 3.63) is 28.0 Å². The molecule has 0 amide bonds. The maximum atomic E-state index is 10.7. The van der Waals surface area contributed by atoms with Gasteiger partial charge in [0, 0.05) is 11.6 Å². The Hall–Kier alpha value is -1.87. The Bertz CT molecular complexity index is 597. The highest BCUT2D eigenvalue weighted by molar-refractivity contribution is 9.10. The van der Waals surface area contributed by atoms with Gasteiger partial charge >= 0.3 is 5.97 Å². The molecule has 2 aromatic heterocycles. The minimum Gasteiger partial charge on any atom is -0.477 e. The lowest BCUT2D eigenvalue weighted by atomic mass is 10.2. The normalized spacial score (nSPS) is 10.1. The van der Waals surface area contributed by atoms with Crippen LogP contribution >= 0.6 is 15.9 Å². The number of fused-ring (bicyclic) bond motifs is 1. The third-order valence-corrected chi connectivity index (χ3v) is 2.56. The van der Waals surface area contributed by atoms with E-state index in [1.54, 1.807) is 0 Å². The molecule has 0 saturated heterocycles. The monoisotopic (exact) mass is 265 g/mol. The predicted octanol–water partition coefficient (Wildman–Crippen LogP) is 1.90. The van der Waals surface area contributed by atoms with E-state index in [-0.39, 0.29) is 5.69 Å². The number of nitrogens with one attached hydrogen (secondary N) is 1. The molecule has 0 aliphatic rings. The number of H-pyrrole nitrogens is 1. The zero-order chi connectivity index (χ0) is 11.0. The fourth-order valence-corrected chi connectivity index (χ4v) is 1.68. The van der Waals surface area contributed by atoms with Crippen molar-refractivity contribution in [2.75, 3.05) is 0 Å². The summed E-state index contributed by atoms with van der Waals surface area (Å²) in [5.41, 5.74) is 0.794. The highest BCUT2D eigenvalue weighted by atomic mass is 79.9. The SMILES string of the molecule is N#Cc1c(Br)cnc2[nH]c(C(=O)O)cc12. The van der Waals surface area contributed by atoms with E-state index in [2.05, 4.69) is 25.9 Å². The molecule has 0 spiro atoms. The van der Waals surface area contributed by atoms with Gasteiger partial charge in [-0.1, -0.05) is 0 Å². The molecule has 2 rings (SSSR count). The second kappa shape index (κ2) is 3.37. The maximum absolute atomic E-state index is 10.7. The van der Waals surface area contributed by atoms with Gasteiger partial charge < -0.3 is 10.1 Å². The number of nitrogens with zero attached hydrogens (tertiary/aromatic N) is 2. The van der Waals surface area contributed by atoms with E-state index < -0.39 is 5.97 Å². The molecular formula is C9H4BrN3O2. The minimum atomic E-state index is -1.08. The number of carboxylic acids is 1. The van der Waals surface area contributed by atoms with Crippen LogP contribution in [-0.4, -0.2) is 21.0 Å². The molecule has 0 bridgehead atoms. The Morgan fingerprint density at radius 3 is 3.00 bits per heavy atom. The average Bonchev–Trinajstić information content (AvgIpc) is 2.61. The topological polar surface area (TPSA) is 89.8 Å². The number of aromatic nitrogens is 2. The van der Waals surface area contributed by atoms with Crippen molar-refractivity contribution in [1.82, 2.24) is 9.97 Å². The largest absolute Gasteiger partial charge is 0.477 e. The molecule has 15 heavy (non-hydrogen) atoms. The van der Waals surface area contributed by atoms with E-state index in [9.17, 15) is 4.79 Å². The molecule has 74 valence electrons. The highest BCUT2D eigenvalue weighted by Crippen LogP contribution is 2.24. The Balaban J connectivity index is 2.82. The van der Waals surface area contributed by atoms with Gasteiger partial charge in [0.2, 0.25) is 0 Å². The number of hydrogen-bond donors (Lipinski definition) is 2. The first-order valence-electron chi connectivity index (χ1n) is 3.94. The molecular weight excluding hydrogens is 262 g/mol. The summed E-state index contributed by atoms with van der Waals surface area (Å²) in [6, 6.07) is 3.39. The van der Waals surface area contributed by atoms with Gasteiger partial charge in [0.1, 0.15) is 17.4 Å². The lowest BCUT2D eigenvalue weighted by Crippen LogP contribution is -1.94. The number of nitriles is 1. The summed E-state index contributed by atoms with van der Waals surface area (Å²) in [6.07, 6.45) is 1.46. The van der Waals surface area contributed by atoms with Gasteiger partial charge in [-0.05, 0) is 22.0 Å². The molecule has 0 fully saturated rings. The van der Waals surface area contributed by atoms with Crippen LogP contribution in [0.5, 0.6) is 0 Å². The zero-order valence-electron chi connectivity index (χ0n) is 7.28. The van der Waals surface area contributed by atoms with E-state index in [0.717, 1.165) is 0 Å². The van der Waals surface area contributed by atoms with Crippen LogP contribution in [-0.2, 0) is 0 Å². The summed E-state index contributed by atoms with van der Waals surface area (Å²) < 4.78 is 0.549. The molecule has 2 aromatic rings. The predicted molar refractivity (Wildman–Crippen MR) is 55.5 cm³/mol. The van der Waals surface area contributed by atoms with E-state index in [0.29, 0.717) is 21.1 Å². The maximum Gasteiger partial charge on any atom is 0.352 e. The van der Waals surface area contributed by atoms with Crippen LogP contribution in [0.1, 0.15) is 16.1 Å². The first-order valence-corrected chi connectivity index (χ1v) is 4.73. The second-order valence-electron chi connectivity index (χ2n) is 2.84. The number of rotatable bonds is 1. The summed E-state index contributed by atoms with van der Waals surface area (Å²) in [5.74, 6) is -1.08. The van der Waals surface area contributed by atoms with Gasteiger partial charge in [0.05, 0.1) is 10.0 Å². The average molecular weight is 266 g/mol. The number of halogens is 1. The van der Waals surface area contributed by atoms with Crippen molar-refractivity contribution in [3.63, 3.8) is 0 Å². The fourth-order valence-electron chi connectivity index (χ4n) is 1.28.